The van der Waals surface area contributed by atoms with Gasteiger partial charge in [0.05, 0.1) is 11.6 Å². The first-order valence-corrected chi connectivity index (χ1v) is 3.93. The van der Waals surface area contributed by atoms with Gasteiger partial charge in [0.2, 0.25) is 0 Å². The van der Waals surface area contributed by atoms with Crippen molar-refractivity contribution in [1.82, 2.24) is 0 Å². The van der Waals surface area contributed by atoms with Crippen molar-refractivity contribution in [2.75, 3.05) is 0 Å². The average molecular weight is 174 g/mol. The van der Waals surface area contributed by atoms with Crippen LogP contribution >= 0.6 is 0 Å². The highest BCUT2D eigenvalue weighted by Gasteiger charge is 1.93. The van der Waals surface area contributed by atoms with Crippen molar-refractivity contribution in [2.24, 2.45) is 0 Å². The molecule has 1 aromatic rings. The highest BCUT2D eigenvalue weighted by molar-refractivity contribution is 5.36. The first-order chi connectivity index (χ1) is 6.36. The zero-order valence-electron chi connectivity index (χ0n) is 7.61. The molecule has 0 saturated heterocycles. The smallest absolute Gasteiger partial charge is 0.292 e. The van der Waals surface area contributed by atoms with E-state index in [0.717, 1.165) is 0 Å². The molecule has 0 unspecified atom stereocenters. The fraction of sp³-hybridized carbons (Fsp3) is 0.200. The Bertz CT molecular complexity index is 334. The maximum atomic E-state index is 8.44. The Labute approximate surface area is 77.8 Å². The van der Waals surface area contributed by atoms with E-state index < -0.39 is 0 Å². The van der Waals surface area contributed by atoms with Gasteiger partial charge < -0.3 is 4.74 Å². The molecule has 0 heterocycles. The summed E-state index contributed by atoms with van der Waals surface area (Å²) in [5.41, 5.74) is 0.484. The minimum absolute atomic E-state index is 0.395. The van der Waals surface area contributed by atoms with Gasteiger partial charge in [-0.15, -0.1) is 5.26 Å². The second kappa shape index (κ2) is 6.69. The number of nitrogens with zero attached hydrogens (tertiary/aromatic N) is 2. The van der Waals surface area contributed by atoms with Crippen LogP contribution in [0.25, 0.3) is 0 Å². The molecular formula is C10H10N2O. The third kappa shape index (κ3) is 3.79. The van der Waals surface area contributed by atoms with Crippen molar-refractivity contribution in [3.63, 3.8) is 0 Å². The predicted molar refractivity (Wildman–Crippen MR) is 48.7 cm³/mol. The maximum Gasteiger partial charge on any atom is 0.292 e. The molecule has 1 rings (SSSR count). The third-order valence-corrected chi connectivity index (χ3v) is 1.13. The van der Waals surface area contributed by atoms with Gasteiger partial charge in [-0.05, 0) is 18.2 Å². The molecule has 66 valence electrons. The molecule has 0 aliphatic heterocycles. The molecule has 0 radical (unpaired) electrons. The average Bonchev–Trinajstić information content (AvgIpc) is 2.22. The fourth-order valence-corrected chi connectivity index (χ4v) is 0.682. The number of hydrogen-bond donors (Lipinski definition) is 0. The molecule has 3 nitrogen and oxygen atoms in total. The lowest BCUT2D eigenvalue weighted by atomic mass is 10.2. The van der Waals surface area contributed by atoms with E-state index in [-0.39, 0.29) is 0 Å². The lowest BCUT2D eigenvalue weighted by Crippen LogP contribution is -1.81. The molecule has 0 aromatic heterocycles. The van der Waals surface area contributed by atoms with Crippen molar-refractivity contribution in [3.05, 3.63) is 29.8 Å². The maximum absolute atomic E-state index is 8.44. The van der Waals surface area contributed by atoms with E-state index >= 15 is 0 Å². The van der Waals surface area contributed by atoms with Crippen LogP contribution in [0, 0.1) is 22.8 Å². The number of ether oxygens (including phenoxy) is 1. The molecule has 0 amide bonds. The van der Waals surface area contributed by atoms with E-state index in [0.29, 0.717) is 11.3 Å². The summed E-state index contributed by atoms with van der Waals surface area (Å²) in [6.07, 6.45) is 1.53. The SMILES string of the molecule is CC.N#COc1cccc(C#N)c1. The Morgan fingerprint density at radius 2 is 1.92 bits per heavy atom. The van der Waals surface area contributed by atoms with Crippen LogP contribution in [0.3, 0.4) is 0 Å². The predicted octanol–water partition coefficient (Wildman–Crippen LogP) is 2.44. The minimum atomic E-state index is 0.395. The van der Waals surface area contributed by atoms with E-state index in [1.54, 1.807) is 18.2 Å². The largest absolute Gasteiger partial charge is 0.388 e. The van der Waals surface area contributed by atoms with Crippen LogP contribution in [-0.4, -0.2) is 0 Å². The van der Waals surface area contributed by atoms with E-state index in [1.807, 2.05) is 19.9 Å². The van der Waals surface area contributed by atoms with Crippen LogP contribution in [0.15, 0.2) is 24.3 Å². The summed E-state index contributed by atoms with van der Waals surface area (Å²) in [7, 11) is 0. The van der Waals surface area contributed by atoms with Crippen LogP contribution in [0.1, 0.15) is 19.4 Å². The molecule has 0 fully saturated rings. The van der Waals surface area contributed by atoms with Gasteiger partial charge in [0.1, 0.15) is 5.75 Å². The molecule has 13 heavy (non-hydrogen) atoms. The van der Waals surface area contributed by atoms with Crippen molar-refractivity contribution >= 4 is 0 Å². The lowest BCUT2D eigenvalue weighted by molar-refractivity contribution is 0.507. The molecule has 0 atom stereocenters. The molecule has 3 heteroatoms. The summed E-state index contributed by atoms with van der Waals surface area (Å²) >= 11 is 0. The molecule has 0 saturated carbocycles. The van der Waals surface area contributed by atoms with Crippen molar-refractivity contribution in [1.29, 1.82) is 10.5 Å². The highest BCUT2D eigenvalue weighted by Crippen LogP contribution is 2.11. The van der Waals surface area contributed by atoms with Crippen LogP contribution in [0.5, 0.6) is 5.75 Å². The molecule has 1 aromatic carbocycles. The summed E-state index contributed by atoms with van der Waals surface area (Å²) < 4.78 is 4.50. The van der Waals surface area contributed by atoms with Gasteiger partial charge in [0.15, 0.2) is 0 Å². The highest BCUT2D eigenvalue weighted by atomic mass is 16.5. The van der Waals surface area contributed by atoms with Gasteiger partial charge in [-0.1, -0.05) is 19.9 Å². The van der Waals surface area contributed by atoms with Gasteiger partial charge in [-0.25, -0.2) is 0 Å². The van der Waals surface area contributed by atoms with Crippen molar-refractivity contribution in [2.45, 2.75) is 13.8 Å². The Morgan fingerprint density at radius 1 is 1.23 bits per heavy atom. The first kappa shape index (κ1) is 11.0. The zero-order valence-corrected chi connectivity index (χ0v) is 7.61. The standard InChI is InChI=1S/C8H4N2O.C2H6/c9-5-7-2-1-3-8(4-7)11-6-10;1-2/h1-4H;1-2H3. The third-order valence-electron chi connectivity index (χ3n) is 1.13. The van der Waals surface area contributed by atoms with Gasteiger partial charge in [-0.3, -0.25) is 0 Å². The van der Waals surface area contributed by atoms with Gasteiger partial charge in [0.25, 0.3) is 6.26 Å². The summed E-state index contributed by atoms with van der Waals surface area (Å²) in [4.78, 5) is 0. The van der Waals surface area contributed by atoms with Crippen LogP contribution in [0.2, 0.25) is 0 Å². The van der Waals surface area contributed by atoms with E-state index in [1.165, 1.54) is 12.3 Å². The number of nitriles is 2. The number of hydrogen-bond acceptors (Lipinski definition) is 3. The topological polar surface area (TPSA) is 56.8 Å². The zero-order chi connectivity index (χ0) is 10.1. The quantitative estimate of drug-likeness (QED) is 0.614. The van der Waals surface area contributed by atoms with Crippen molar-refractivity contribution in [3.8, 4) is 18.1 Å². The molecule has 0 bridgehead atoms. The Kier molecular flexibility index (Phi) is 5.66. The summed E-state index contributed by atoms with van der Waals surface area (Å²) in [6.45, 7) is 4.00. The molecule has 0 aliphatic rings. The molecule has 0 N–H and O–H groups in total. The Morgan fingerprint density at radius 3 is 2.46 bits per heavy atom. The normalized spacial score (nSPS) is 7.08. The molecular weight excluding hydrogens is 164 g/mol. The summed E-state index contributed by atoms with van der Waals surface area (Å²) in [5.74, 6) is 0.395. The molecule has 0 spiro atoms. The van der Waals surface area contributed by atoms with Gasteiger partial charge >= 0.3 is 0 Å². The van der Waals surface area contributed by atoms with E-state index in [4.69, 9.17) is 10.5 Å². The van der Waals surface area contributed by atoms with Gasteiger partial charge in [0, 0.05) is 0 Å². The minimum Gasteiger partial charge on any atom is -0.388 e. The Hall–Kier alpha value is -2.00. The number of benzene rings is 1. The van der Waals surface area contributed by atoms with Crippen LogP contribution in [-0.2, 0) is 0 Å². The van der Waals surface area contributed by atoms with Crippen LogP contribution < -0.4 is 4.74 Å². The summed E-state index contributed by atoms with van der Waals surface area (Å²) in [6, 6.07) is 8.36. The lowest BCUT2D eigenvalue weighted by Gasteiger charge is -1.93. The van der Waals surface area contributed by atoms with Crippen molar-refractivity contribution < 1.29 is 4.74 Å². The van der Waals surface area contributed by atoms with Gasteiger partial charge in [-0.2, -0.15) is 5.26 Å². The fourth-order valence-electron chi connectivity index (χ4n) is 0.682. The van der Waals surface area contributed by atoms with E-state index in [2.05, 4.69) is 4.74 Å². The van der Waals surface area contributed by atoms with Crippen LogP contribution in [0.4, 0.5) is 0 Å². The Balaban J connectivity index is 0.000000671. The summed E-state index contributed by atoms with van der Waals surface area (Å²) in [5, 5.41) is 16.6. The van der Waals surface area contributed by atoms with E-state index in [9.17, 15) is 0 Å². The second-order valence-electron chi connectivity index (χ2n) is 1.83. The monoisotopic (exact) mass is 174 g/mol. The second-order valence-corrected chi connectivity index (χ2v) is 1.83. The molecule has 0 aliphatic carbocycles. The number of rotatable bonds is 1. The first-order valence-electron chi connectivity index (χ1n) is 3.93.